The standard InChI is InChI=1S/C16H16N4O3S/c1-10-3-6-14(20-24(2,22)23)13(7-10)16(21)18-12-5-4-11-9-17-19-15(11)8-12/h3-9,20H,1-2H3,(H,17,19)(H,18,21). The highest BCUT2D eigenvalue weighted by Gasteiger charge is 2.15. The lowest BCUT2D eigenvalue weighted by Gasteiger charge is -2.12. The van der Waals surface area contributed by atoms with Crippen LogP contribution in [0, 0.1) is 6.92 Å². The van der Waals surface area contributed by atoms with Crippen LogP contribution < -0.4 is 10.0 Å². The Kier molecular flexibility index (Phi) is 3.98. The summed E-state index contributed by atoms with van der Waals surface area (Å²) >= 11 is 0. The SMILES string of the molecule is Cc1ccc(NS(C)(=O)=O)c(C(=O)Nc2ccc3cn[nH]c3c2)c1. The van der Waals surface area contributed by atoms with E-state index in [4.69, 9.17) is 0 Å². The highest BCUT2D eigenvalue weighted by molar-refractivity contribution is 7.92. The molecule has 0 saturated carbocycles. The minimum absolute atomic E-state index is 0.239. The van der Waals surface area contributed by atoms with Crippen molar-refractivity contribution in [2.24, 2.45) is 0 Å². The topological polar surface area (TPSA) is 104 Å². The van der Waals surface area contributed by atoms with Crippen molar-refractivity contribution in [3.8, 4) is 0 Å². The second-order valence-electron chi connectivity index (χ2n) is 5.55. The van der Waals surface area contributed by atoms with Gasteiger partial charge in [0.25, 0.3) is 5.91 Å². The first-order valence-corrected chi connectivity index (χ1v) is 9.04. The van der Waals surface area contributed by atoms with E-state index < -0.39 is 15.9 Å². The Bertz CT molecular complexity index is 1020. The summed E-state index contributed by atoms with van der Waals surface area (Å²) in [5.74, 6) is -0.399. The van der Waals surface area contributed by atoms with Crippen molar-refractivity contribution in [3.05, 3.63) is 53.7 Å². The molecule has 0 unspecified atom stereocenters. The van der Waals surface area contributed by atoms with Crippen molar-refractivity contribution in [1.82, 2.24) is 10.2 Å². The third kappa shape index (κ3) is 3.54. The molecule has 0 aliphatic heterocycles. The van der Waals surface area contributed by atoms with E-state index in [1.807, 2.05) is 13.0 Å². The summed E-state index contributed by atoms with van der Waals surface area (Å²) in [5, 5.41) is 10.5. The van der Waals surface area contributed by atoms with Crippen molar-refractivity contribution < 1.29 is 13.2 Å². The fourth-order valence-electron chi connectivity index (χ4n) is 2.35. The average Bonchev–Trinajstić information content (AvgIpc) is 2.95. The number of fused-ring (bicyclic) bond motifs is 1. The van der Waals surface area contributed by atoms with Gasteiger partial charge in [0.2, 0.25) is 10.0 Å². The van der Waals surface area contributed by atoms with Gasteiger partial charge in [-0.25, -0.2) is 8.42 Å². The number of sulfonamides is 1. The van der Waals surface area contributed by atoms with Crippen molar-refractivity contribution in [2.75, 3.05) is 16.3 Å². The smallest absolute Gasteiger partial charge is 0.257 e. The van der Waals surface area contributed by atoms with E-state index in [0.717, 1.165) is 22.7 Å². The van der Waals surface area contributed by atoms with E-state index in [9.17, 15) is 13.2 Å². The van der Waals surface area contributed by atoms with Crippen LogP contribution in [0.25, 0.3) is 10.9 Å². The van der Waals surface area contributed by atoms with Gasteiger partial charge < -0.3 is 5.32 Å². The van der Waals surface area contributed by atoms with Crippen LogP contribution in [0.1, 0.15) is 15.9 Å². The quantitative estimate of drug-likeness (QED) is 0.676. The van der Waals surface area contributed by atoms with E-state index in [0.29, 0.717) is 5.69 Å². The third-order valence-corrected chi connectivity index (χ3v) is 4.01. The fourth-order valence-corrected chi connectivity index (χ4v) is 2.93. The molecule has 0 saturated heterocycles. The number of hydrogen-bond acceptors (Lipinski definition) is 4. The van der Waals surface area contributed by atoms with Crippen LogP contribution in [0.5, 0.6) is 0 Å². The number of rotatable bonds is 4. The van der Waals surface area contributed by atoms with Crippen LogP contribution in [0.4, 0.5) is 11.4 Å². The number of H-pyrrole nitrogens is 1. The number of carbonyl (C=O) groups is 1. The first-order valence-electron chi connectivity index (χ1n) is 7.15. The maximum Gasteiger partial charge on any atom is 0.257 e. The zero-order valence-electron chi connectivity index (χ0n) is 13.1. The normalized spacial score (nSPS) is 11.4. The molecule has 3 aromatic rings. The molecule has 3 N–H and O–H groups in total. The first-order chi connectivity index (χ1) is 11.3. The molecule has 1 heterocycles. The Morgan fingerprint density at radius 1 is 1.17 bits per heavy atom. The molecule has 0 atom stereocenters. The molecule has 7 nitrogen and oxygen atoms in total. The van der Waals surface area contributed by atoms with Crippen molar-refractivity contribution >= 4 is 38.2 Å². The van der Waals surface area contributed by atoms with Gasteiger partial charge in [0.1, 0.15) is 0 Å². The maximum atomic E-state index is 12.6. The minimum atomic E-state index is -3.48. The number of anilines is 2. The summed E-state index contributed by atoms with van der Waals surface area (Å²) in [6.45, 7) is 1.83. The second kappa shape index (κ2) is 5.97. The molecule has 124 valence electrons. The van der Waals surface area contributed by atoms with Crippen LogP contribution in [-0.2, 0) is 10.0 Å². The maximum absolute atomic E-state index is 12.6. The van der Waals surface area contributed by atoms with Crippen LogP contribution in [0.15, 0.2) is 42.6 Å². The third-order valence-electron chi connectivity index (χ3n) is 3.41. The monoisotopic (exact) mass is 344 g/mol. The molecule has 8 heteroatoms. The van der Waals surface area contributed by atoms with Crippen LogP contribution in [0.2, 0.25) is 0 Å². The molecule has 24 heavy (non-hydrogen) atoms. The molecule has 0 bridgehead atoms. The van der Waals surface area contributed by atoms with E-state index in [-0.39, 0.29) is 11.3 Å². The molecule has 1 amide bonds. The lowest BCUT2D eigenvalue weighted by Crippen LogP contribution is -2.17. The average molecular weight is 344 g/mol. The molecular formula is C16H16N4O3S. The Hall–Kier alpha value is -2.87. The summed E-state index contributed by atoms with van der Waals surface area (Å²) in [5.41, 5.74) is 2.73. The van der Waals surface area contributed by atoms with E-state index in [2.05, 4.69) is 20.2 Å². The number of nitrogens with zero attached hydrogens (tertiary/aromatic N) is 1. The van der Waals surface area contributed by atoms with Crippen molar-refractivity contribution in [1.29, 1.82) is 0 Å². The molecule has 0 fully saturated rings. The van der Waals surface area contributed by atoms with Gasteiger partial charge in [-0.15, -0.1) is 0 Å². The summed E-state index contributed by atoms with van der Waals surface area (Å²) < 4.78 is 25.3. The lowest BCUT2D eigenvalue weighted by molar-refractivity contribution is 0.102. The van der Waals surface area contributed by atoms with Gasteiger partial charge >= 0.3 is 0 Å². The minimum Gasteiger partial charge on any atom is -0.322 e. The van der Waals surface area contributed by atoms with Gasteiger partial charge in [0, 0.05) is 11.1 Å². The second-order valence-corrected chi connectivity index (χ2v) is 7.30. The molecule has 2 aromatic carbocycles. The Labute approximate surface area is 139 Å². The van der Waals surface area contributed by atoms with E-state index in [1.165, 1.54) is 0 Å². The van der Waals surface area contributed by atoms with Gasteiger partial charge in [0.05, 0.1) is 29.2 Å². The summed E-state index contributed by atoms with van der Waals surface area (Å²) in [7, 11) is -3.48. The molecule has 0 aliphatic rings. The lowest BCUT2D eigenvalue weighted by atomic mass is 10.1. The predicted octanol–water partition coefficient (Wildman–Crippen LogP) is 2.50. The Morgan fingerprint density at radius 3 is 2.71 bits per heavy atom. The molecule has 1 aromatic heterocycles. The van der Waals surface area contributed by atoms with Crippen LogP contribution in [-0.4, -0.2) is 30.8 Å². The van der Waals surface area contributed by atoms with E-state index in [1.54, 1.807) is 36.5 Å². The van der Waals surface area contributed by atoms with Gasteiger partial charge in [-0.2, -0.15) is 5.10 Å². The number of carbonyl (C=O) groups excluding carboxylic acids is 1. The molecular weight excluding hydrogens is 328 g/mol. The number of aromatic amines is 1. The number of amides is 1. The van der Waals surface area contributed by atoms with Gasteiger partial charge in [-0.05, 0) is 37.3 Å². The number of hydrogen-bond donors (Lipinski definition) is 3. The van der Waals surface area contributed by atoms with Crippen molar-refractivity contribution in [2.45, 2.75) is 6.92 Å². The zero-order valence-corrected chi connectivity index (χ0v) is 13.9. The number of aromatic nitrogens is 2. The fraction of sp³-hybridized carbons (Fsp3) is 0.125. The van der Waals surface area contributed by atoms with Crippen LogP contribution >= 0.6 is 0 Å². The number of nitrogens with one attached hydrogen (secondary N) is 3. The summed E-state index contributed by atoms with van der Waals surface area (Å²) in [4.78, 5) is 12.6. The molecule has 0 aliphatic carbocycles. The van der Waals surface area contributed by atoms with Crippen molar-refractivity contribution in [3.63, 3.8) is 0 Å². The largest absolute Gasteiger partial charge is 0.322 e. The molecule has 0 radical (unpaired) electrons. The van der Waals surface area contributed by atoms with Gasteiger partial charge in [0.15, 0.2) is 0 Å². The Morgan fingerprint density at radius 2 is 1.96 bits per heavy atom. The zero-order chi connectivity index (χ0) is 17.3. The molecule has 3 rings (SSSR count). The van der Waals surface area contributed by atoms with Gasteiger partial charge in [-0.3, -0.25) is 14.6 Å². The van der Waals surface area contributed by atoms with E-state index >= 15 is 0 Å². The highest BCUT2D eigenvalue weighted by atomic mass is 32.2. The first kappa shape index (κ1) is 16.0. The Balaban J connectivity index is 1.92. The summed E-state index contributed by atoms with van der Waals surface area (Å²) in [6, 6.07) is 10.3. The van der Waals surface area contributed by atoms with Crippen LogP contribution in [0.3, 0.4) is 0 Å². The number of aryl methyl sites for hydroxylation is 1. The number of benzene rings is 2. The van der Waals surface area contributed by atoms with Gasteiger partial charge in [-0.1, -0.05) is 11.6 Å². The molecule has 0 spiro atoms. The highest BCUT2D eigenvalue weighted by Crippen LogP contribution is 2.22. The predicted molar refractivity (Wildman–Crippen MR) is 93.7 cm³/mol. The summed E-state index contributed by atoms with van der Waals surface area (Å²) in [6.07, 6.45) is 2.73.